The first-order valence-electron chi connectivity index (χ1n) is 6.17. The second-order valence-electron chi connectivity index (χ2n) is 3.86. The fourth-order valence-corrected chi connectivity index (χ4v) is 2.11. The van der Waals surface area contributed by atoms with Crippen LogP contribution in [0.4, 0.5) is 0 Å². The summed E-state index contributed by atoms with van der Waals surface area (Å²) in [6.07, 6.45) is 1.50. The van der Waals surface area contributed by atoms with Crippen LogP contribution in [-0.2, 0) is 19.7 Å². The molecule has 0 saturated heterocycles. The fourth-order valence-electron chi connectivity index (χ4n) is 1.29. The van der Waals surface area contributed by atoms with E-state index in [1.165, 1.54) is 6.08 Å². The number of rotatable bonds is 8. The van der Waals surface area contributed by atoms with Gasteiger partial charge in [-0.05, 0) is 18.6 Å². The van der Waals surface area contributed by atoms with Gasteiger partial charge >= 0.3 is 0 Å². The monoisotopic (exact) mass is 298 g/mol. The minimum atomic E-state index is -3.55. The predicted octanol–water partition coefficient (Wildman–Crippen LogP) is 1.03. The number of carbonyl (C=O) groups excluding carboxylic acids is 1. The molecule has 0 aliphatic rings. The summed E-state index contributed by atoms with van der Waals surface area (Å²) in [5, 5.41) is 1.07. The Bertz CT molecular complexity index is 541. The van der Waals surface area contributed by atoms with Gasteiger partial charge in [0.15, 0.2) is 0 Å². The summed E-state index contributed by atoms with van der Waals surface area (Å²) in [6, 6.07) is 9.07. The zero-order valence-corrected chi connectivity index (χ0v) is 12.0. The molecule has 1 rings (SSSR count). The van der Waals surface area contributed by atoms with Gasteiger partial charge < -0.3 is 0 Å². The van der Waals surface area contributed by atoms with Crippen LogP contribution >= 0.6 is 0 Å². The summed E-state index contributed by atoms with van der Waals surface area (Å²) in [5.41, 5.74) is 2.97. The van der Waals surface area contributed by atoms with E-state index < -0.39 is 10.0 Å². The summed E-state index contributed by atoms with van der Waals surface area (Å²) in [5.74, 6) is -0.374. The number of nitrogens with one attached hydrogen (secondary N) is 2. The lowest BCUT2D eigenvalue weighted by molar-refractivity contribution is -0.132. The number of hydrogen-bond donors (Lipinski definition) is 2. The third-order valence-electron chi connectivity index (χ3n) is 2.22. The van der Waals surface area contributed by atoms with E-state index in [2.05, 4.69) is 10.2 Å². The van der Waals surface area contributed by atoms with Crippen molar-refractivity contribution in [1.82, 2.24) is 10.2 Å². The summed E-state index contributed by atoms with van der Waals surface area (Å²) >= 11 is 0. The third-order valence-corrected chi connectivity index (χ3v) is 3.33. The van der Waals surface area contributed by atoms with E-state index in [-0.39, 0.29) is 18.9 Å². The molecule has 1 aromatic rings. The van der Waals surface area contributed by atoms with E-state index in [0.717, 1.165) is 11.0 Å². The Hall–Kier alpha value is -1.70. The molecule has 0 aliphatic carbocycles. The molecule has 20 heavy (non-hydrogen) atoms. The van der Waals surface area contributed by atoms with Gasteiger partial charge in [0.25, 0.3) is 0 Å². The molecule has 0 fully saturated rings. The Labute approximate surface area is 118 Å². The lowest BCUT2D eigenvalue weighted by atomic mass is 10.2. The summed E-state index contributed by atoms with van der Waals surface area (Å²) in [7, 11) is -3.55. The normalized spacial score (nSPS) is 11.7. The van der Waals surface area contributed by atoms with Crippen molar-refractivity contribution < 1.29 is 18.0 Å². The SMILES string of the molecule is CCONC(=O)CCNS(=O)(=O)/C=C/c1ccccc1. The van der Waals surface area contributed by atoms with Gasteiger partial charge in [-0.2, -0.15) is 0 Å². The van der Waals surface area contributed by atoms with Crippen LogP contribution in [-0.4, -0.2) is 27.5 Å². The third kappa shape index (κ3) is 7.03. The van der Waals surface area contributed by atoms with Gasteiger partial charge in [-0.25, -0.2) is 18.6 Å². The molecule has 110 valence electrons. The minimum absolute atomic E-state index is 0.0123. The molecule has 2 N–H and O–H groups in total. The molecule has 0 aromatic heterocycles. The molecule has 1 amide bonds. The molecule has 1 aromatic carbocycles. The van der Waals surface area contributed by atoms with Gasteiger partial charge in [-0.1, -0.05) is 30.3 Å². The molecule has 6 nitrogen and oxygen atoms in total. The van der Waals surface area contributed by atoms with Gasteiger partial charge in [-0.15, -0.1) is 0 Å². The van der Waals surface area contributed by atoms with Crippen molar-refractivity contribution in [3.8, 4) is 0 Å². The second-order valence-corrected chi connectivity index (χ2v) is 5.51. The molecule has 0 unspecified atom stereocenters. The predicted molar refractivity (Wildman–Crippen MR) is 76.8 cm³/mol. The Morgan fingerprint density at radius 1 is 1.30 bits per heavy atom. The Balaban J connectivity index is 2.39. The molecule has 0 heterocycles. The van der Waals surface area contributed by atoms with Crippen LogP contribution in [0.15, 0.2) is 35.7 Å². The zero-order chi connectivity index (χ0) is 14.8. The molecular formula is C13H18N2O4S. The van der Waals surface area contributed by atoms with Gasteiger partial charge in [0.1, 0.15) is 0 Å². The Kier molecular flexibility index (Phi) is 6.92. The first-order chi connectivity index (χ1) is 9.53. The quantitative estimate of drug-likeness (QED) is 0.702. The highest BCUT2D eigenvalue weighted by molar-refractivity contribution is 7.92. The highest BCUT2D eigenvalue weighted by Gasteiger charge is 2.06. The van der Waals surface area contributed by atoms with Crippen molar-refractivity contribution in [2.75, 3.05) is 13.2 Å². The van der Waals surface area contributed by atoms with Crippen LogP contribution in [0.1, 0.15) is 18.9 Å². The first-order valence-corrected chi connectivity index (χ1v) is 7.71. The lowest BCUT2D eigenvalue weighted by Crippen LogP contribution is -2.29. The van der Waals surface area contributed by atoms with Crippen molar-refractivity contribution in [3.05, 3.63) is 41.3 Å². The van der Waals surface area contributed by atoms with Gasteiger partial charge in [0.05, 0.1) is 6.61 Å². The molecule has 0 aliphatic heterocycles. The number of hydrogen-bond acceptors (Lipinski definition) is 4. The number of carbonyl (C=O) groups is 1. The van der Waals surface area contributed by atoms with Crippen LogP contribution in [0.2, 0.25) is 0 Å². The molecule has 0 spiro atoms. The van der Waals surface area contributed by atoms with Crippen molar-refractivity contribution in [2.45, 2.75) is 13.3 Å². The molecule has 0 saturated carbocycles. The van der Waals surface area contributed by atoms with Crippen LogP contribution in [0, 0.1) is 0 Å². The largest absolute Gasteiger partial charge is 0.274 e. The maximum atomic E-state index is 11.6. The average molecular weight is 298 g/mol. The number of amides is 1. The van der Waals surface area contributed by atoms with Crippen LogP contribution in [0.3, 0.4) is 0 Å². The maximum absolute atomic E-state index is 11.6. The van der Waals surface area contributed by atoms with Gasteiger partial charge in [-0.3, -0.25) is 9.63 Å². The first kappa shape index (κ1) is 16.4. The molecule has 0 bridgehead atoms. The molecular weight excluding hydrogens is 280 g/mol. The average Bonchev–Trinajstić information content (AvgIpc) is 2.44. The summed E-state index contributed by atoms with van der Waals surface area (Å²) in [6.45, 7) is 2.11. The van der Waals surface area contributed by atoms with Crippen molar-refractivity contribution in [2.24, 2.45) is 0 Å². The van der Waals surface area contributed by atoms with Crippen molar-refractivity contribution >= 4 is 22.0 Å². The fraction of sp³-hybridized carbons (Fsp3) is 0.308. The minimum Gasteiger partial charge on any atom is -0.274 e. The number of benzene rings is 1. The second kappa shape index (κ2) is 8.47. The van der Waals surface area contributed by atoms with Crippen molar-refractivity contribution in [1.29, 1.82) is 0 Å². The van der Waals surface area contributed by atoms with E-state index in [1.54, 1.807) is 19.1 Å². The molecule has 0 atom stereocenters. The number of hydroxylamine groups is 1. The van der Waals surface area contributed by atoms with Crippen LogP contribution in [0.25, 0.3) is 6.08 Å². The summed E-state index contributed by atoms with van der Waals surface area (Å²) < 4.78 is 25.6. The molecule has 7 heteroatoms. The van der Waals surface area contributed by atoms with E-state index in [0.29, 0.717) is 6.61 Å². The van der Waals surface area contributed by atoms with Gasteiger partial charge in [0, 0.05) is 18.4 Å². The standard InChI is InChI=1S/C13H18N2O4S/c1-2-19-15-13(16)8-10-14-20(17,18)11-9-12-6-4-3-5-7-12/h3-7,9,11,14H,2,8,10H2,1H3,(H,15,16)/b11-9+. The smallest absolute Gasteiger partial charge is 0.244 e. The van der Waals surface area contributed by atoms with E-state index in [1.807, 2.05) is 18.2 Å². The topological polar surface area (TPSA) is 84.5 Å². The maximum Gasteiger partial charge on any atom is 0.244 e. The van der Waals surface area contributed by atoms with Gasteiger partial charge in [0.2, 0.25) is 15.9 Å². The summed E-state index contributed by atoms with van der Waals surface area (Å²) in [4.78, 5) is 15.9. The highest BCUT2D eigenvalue weighted by atomic mass is 32.2. The van der Waals surface area contributed by atoms with Crippen LogP contribution in [0.5, 0.6) is 0 Å². The Morgan fingerprint density at radius 2 is 2.00 bits per heavy atom. The van der Waals surface area contributed by atoms with E-state index in [4.69, 9.17) is 4.84 Å². The number of sulfonamides is 1. The zero-order valence-electron chi connectivity index (χ0n) is 11.2. The van der Waals surface area contributed by atoms with E-state index >= 15 is 0 Å². The van der Waals surface area contributed by atoms with E-state index in [9.17, 15) is 13.2 Å². The highest BCUT2D eigenvalue weighted by Crippen LogP contribution is 2.02. The molecule has 0 radical (unpaired) electrons. The Morgan fingerprint density at radius 3 is 2.65 bits per heavy atom. The van der Waals surface area contributed by atoms with Crippen molar-refractivity contribution in [3.63, 3.8) is 0 Å². The lowest BCUT2D eigenvalue weighted by Gasteiger charge is -2.04. The van der Waals surface area contributed by atoms with Crippen LogP contribution < -0.4 is 10.2 Å².